The van der Waals surface area contributed by atoms with E-state index < -0.39 is 48.4 Å². The minimum atomic E-state index is -1.24. The summed E-state index contributed by atoms with van der Waals surface area (Å²) in [6.07, 6.45) is -3.30. The Labute approximate surface area is 253 Å². The molecule has 11 heteroatoms. The molecule has 1 fully saturated rings. The van der Waals surface area contributed by atoms with E-state index in [1.807, 2.05) is 0 Å². The molecule has 0 spiro atoms. The third-order valence-corrected chi connectivity index (χ3v) is 6.96. The number of hydrogen-bond donors (Lipinski definition) is 0. The topological polar surface area (TPSA) is 132 Å². The Morgan fingerprint density at radius 1 is 0.705 bits per heavy atom. The van der Waals surface area contributed by atoms with Crippen LogP contribution in [0.15, 0.2) is 97.3 Å². The molecule has 0 saturated carbocycles. The van der Waals surface area contributed by atoms with Gasteiger partial charge in [0.05, 0.1) is 35.3 Å². The second-order valence-electron chi connectivity index (χ2n) is 9.81. The lowest BCUT2D eigenvalue weighted by Gasteiger charge is -2.25. The molecule has 3 aromatic carbocycles. The Balaban J connectivity index is 1.50. The fourth-order valence-electron chi connectivity index (χ4n) is 4.76. The first-order valence-corrected chi connectivity index (χ1v) is 14.0. The van der Waals surface area contributed by atoms with Gasteiger partial charge in [0.25, 0.3) is 0 Å². The molecule has 1 saturated heterocycles. The van der Waals surface area contributed by atoms with E-state index in [1.54, 1.807) is 105 Å². The first-order valence-electron chi connectivity index (χ1n) is 14.0. The number of nitrogens with zero attached hydrogens (tertiary/aromatic N) is 2. The largest absolute Gasteiger partial charge is 0.461 e. The average molecular weight is 599 g/mol. The molecule has 4 aromatic rings. The fourth-order valence-corrected chi connectivity index (χ4v) is 4.76. The smallest absolute Gasteiger partial charge is 0.358 e. The predicted molar refractivity (Wildman–Crippen MR) is 155 cm³/mol. The van der Waals surface area contributed by atoms with Gasteiger partial charge in [-0.05, 0) is 50.2 Å². The van der Waals surface area contributed by atoms with Gasteiger partial charge in [-0.15, -0.1) is 0 Å². The summed E-state index contributed by atoms with van der Waals surface area (Å²) >= 11 is 0. The van der Waals surface area contributed by atoms with Gasteiger partial charge in [0.2, 0.25) is 0 Å². The molecule has 0 amide bonds. The van der Waals surface area contributed by atoms with Gasteiger partial charge in [0.1, 0.15) is 12.7 Å². The van der Waals surface area contributed by atoms with E-state index in [-0.39, 0.29) is 30.0 Å². The van der Waals surface area contributed by atoms with Crippen molar-refractivity contribution < 1.29 is 42.9 Å². The van der Waals surface area contributed by atoms with E-state index in [4.69, 9.17) is 23.7 Å². The van der Waals surface area contributed by atoms with E-state index >= 15 is 0 Å². The summed E-state index contributed by atoms with van der Waals surface area (Å²) in [6.45, 7) is 3.12. The monoisotopic (exact) mass is 598 g/mol. The summed E-state index contributed by atoms with van der Waals surface area (Å²) in [6, 6.07) is 24.9. The number of carbonyl (C=O) groups excluding carboxylic acids is 4. The number of rotatable bonds is 10. The summed E-state index contributed by atoms with van der Waals surface area (Å²) in [5, 5.41) is 0. The van der Waals surface area contributed by atoms with Crippen molar-refractivity contribution in [2.24, 2.45) is 0 Å². The zero-order valence-electron chi connectivity index (χ0n) is 24.0. The predicted octanol–water partition coefficient (Wildman–Crippen LogP) is 4.57. The molecule has 11 nitrogen and oxygen atoms in total. The first-order chi connectivity index (χ1) is 21.4. The van der Waals surface area contributed by atoms with Crippen molar-refractivity contribution >= 4 is 23.9 Å². The van der Waals surface area contributed by atoms with Crippen molar-refractivity contribution in [1.82, 2.24) is 9.55 Å². The molecular weight excluding hydrogens is 568 g/mol. The number of carbonyl (C=O) groups is 4. The molecule has 4 unspecified atom stereocenters. The zero-order valence-corrected chi connectivity index (χ0v) is 24.0. The van der Waals surface area contributed by atoms with E-state index in [1.165, 1.54) is 10.9 Å². The van der Waals surface area contributed by atoms with E-state index in [0.29, 0.717) is 11.3 Å². The Morgan fingerprint density at radius 3 is 1.73 bits per heavy atom. The SMILES string of the molecule is CCOC(=O)c1ncn(C2OC(COC(=O)c3ccccc3)C(OC(=O)c3ccccc3)C2OC(=O)c2ccccc2)c1C. The zero-order chi connectivity index (χ0) is 31.1. The van der Waals surface area contributed by atoms with Gasteiger partial charge < -0.3 is 28.3 Å². The molecule has 1 aromatic heterocycles. The van der Waals surface area contributed by atoms with Gasteiger partial charge >= 0.3 is 23.9 Å². The van der Waals surface area contributed by atoms with Crippen LogP contribution in [-0.2, 0) is 23.7 Å². The Kier molecular flexibility index (Phi) is 9.46. The van der Waals surface area contributed by atoms with Crippen molar-refractivity contribution in [3.63, 3.8) is 0 Å². The Bertz CT molecular complexity index is 1610. The third-order valence-electron chi connectivity index (χ3n) is 6.96. The molecule has 44 heavy (non-hydrogen) atoms. The van der Waals surface area contributed by atoms with Gasteiger partial charge in [0.15, 0.2) is 24.1 Å². The average Bonchev–Trinajstić information content (AvgIpc) is 3.60. The van der Waals surface area contributed by atoms with Gasteiger partial charge in [-0.3, -0.25) is 0 Å². The maximum atomic E-state index is 13.3. The van der Waals surface area contributed by atoms with Crippen LogP contribution in [0, 0.1) is 6.92 Å². The van der Waals surface area contributed by atoms with E-state index in [2.05, 4.69) is 4.98 Å². The summed E-state index contributed by atoms with van der Waals surface area (Å²) in [4.78, 5) is 56.1. The number of hydrogen-bond acceptors (Lipinski definition) is 10. The normalized spacial score (nSPS) is 19.1. The van der Waals surface area contributed by atoms with Crippen molar-refractivity contribution in [2.75, 3.05) is 13.2 Å². The lowest BCUT2D eigenvalue weighted by Crippen LogP contribution is -2.41. The fraction of sp³-hybridized carbons (Fsp3) is 0.242. The number of aromatic nitrogens is 2. The molecule has 0 aliphatic carbocycles. The highest BCUT2D eigenvalue weighted by molar-refractivity contribution is 5.91. The molecule has 1 aliphatic heterocycles. The number of imidazole rings is 1. The molecule has 0 N–H and O–H groups in total. The van der Waals surface area contributed by atoms with Crippen molar-refractivity contribution in [3.05, 3.63) is 125 Å². The van der Waals surface area contributed by atoms with Crippen LogP contribution in [0.25, 0.3) is 0 Å². The molecule has 5 rings (SSSR count). The lowest BCUT2D eigenvalue weighted by molar-refractivity contribution is -0.0628. The van der Waals surface area contributed by atoms with Crippen molar-refractivity contribution in [2.45, 2.75) is 38.4 Å². The van der Waals surface area contributed by atoms with Crippen LogP contribution in [0.2, 0.25) is 0 Å². The highest BCUT2D eigenvalue weighted by Gasteiger charge is 2.52. The van der Waals surface area contributed by atoms with Crippen LogP contribution in [0.3, 0.4) is 0 Å². The summed E-state index contributed by atoms with van der Waals surface area (Å²) in [5.41, 5.74) is 1.24. The van der Waals surface area contributed by atoms with E-state index in [9.17, 15) is 19.2 Å². The van der Waals surface area contributed by atoms with Gasteiger partial charge in [-0.1, -0.05) is 54.6 Å². The van der Waals surface area contributed by atoms with Crippen LogP contribution in [0.1, 0.15) is 60.4 Å². The van der Waals surface area contributed by atoms with Crippen LogP contribution >= 0.6 is 0 Å². The molecule has 0 bridgehead atoms. The first kappa shape index (κ1) is 30.2. The van der Waals surface area contributed by atoms with Gasteiger partial charge in [-0.25, -0.2) is 24.2 Å². The maximum absolute atomic E-state index is 13.3. The highest BCUT2D eigenvalue weighted by Crippen LogP contribution is 2.36. The maximum Gasteiger partial charge on any atom is 0.358 e. The van der Waals surface area contributed by atoms with Crippen LogP contribution < -0.4 is 0 Å². The molecule has 1 aliphatic rings. The molecular formula is C33H30N2O9. The number of ether oxygens (including phenoxy) is 5. The number of benzene rings is 3. The Hall–Kier alpha value is -5.29. The summed E-state index contributed by atoms with van der Waals surface area (Å²) < 4.78 is 30.4. The van der Waals surface area contributed by atoms with Crippen LogP contribution in [-0.4, -0.2) is 65.0 Å². The molecule has 2 heterocycles. The summed E-state index contributed by atoms with van der Waals surface area (Å²) in [5.74, 6) is -2.66. The van der Waals surface area contributed by atoms with Crippen LogP contribution in [0.5, 0.6) is 0 Å². The van der Waals surface area contributed by atoms with Gasteiger partial charge in [0, 0.05) is 0 Å². The Morgan fingerprint density at radius 2 is 1.20 bits per heavy atom. The second-order valence-corrected chi connectivity index (χ2v) is 9.81. The van der Waals surface area contributed by atoms with Crippen molar-refractivity contribution in [3.8, 4) is 0 Å². The van der Waals surface area contributed by atoms with E-state index in [0.717, 1.165) is 0 Å². The van der Waals surface area contributed by atoms with Crippen LogP contribution in [0.4, 0.5) is 0 Å². The quantitative estimate of drug-likeness (QED) is 0.189. The second kappa shape index (κ2) is 13.8. The highest BCUT2D eigenvalue weighted by atomic mass is 16.7. The standard InChI is InChI=1S/C33H30N2O9/c1-3-40-33(39)26-21(2)35(20-34-26)29-28(44-32(38)24-17-11-6-12-18-24)27(43-31(37)23-15-9-5-10-16-23)25(42-29)19-41-30(36)22-13-7-4-8-14-22/h4-18,20,25,27-29H,3,19H2,1-2H3. The molecule has 0 radical (unpaired) electrons. The summed E-state index contributed by atoms with van der Waals surface area (Å²) in [7, 11) is 0. The molecule has 4 atom stereocenters. The minimum absolute atomic E-state index is 0.0420. The minimum Gasteiger partial charge on any atom is -0.461 e. The molecule has 226 valence electrons. The van der Waals surface area contributed by atoms with Crippen molar-refractivity contribution in [1.29, 1.82) is 0 Å². The lowest BCUT2D eigenvalue weighted by atomic mass is 10.1. The van der Waals surface area contributed by atoms with Gasteiger partial charge in [-0.2, -0.15) is 0 Å². The third kappa shape index (κ3) is 6.68. The number of esters is 4.